The third-order valence-electron chi connectivity index (χ3n) is 1.44. The van der Waals surface area contributed by atoms with Gasteiger partial charge < -0.3 is 10.5 Å². The lowest BCUT2D eigenvalue weighted by molar-refractivity contribution is -0.0208. The molecule has 0 spiro atoms. The first-order valence-corrected chi connectivity index (χ1v) is 3.94. The van der Waals surface area contributed by atoms with Crippen LogP contribution in [0, 0.1) is 5.41 Å². The second-order valence-electron chi connectivity index (χ2n) is 3.72. The molecule has 2 N–H and O–H groups in total. The Bertz CT molecular complexity index is 98.8. The van der Waals surface area contributed by atoms with E-state index in [1.54, 1.807) is 0 Å². The molecule has 0 rings (SSSR count). The van der Waals surface area contributed by atoms with Gasteiger partial charge in [0.05, 0.1) is 13.2 Å². The molecule has 0 aliphatic rings. The summed E-state index contributed by atoms with van der Waals surface area (Å²) in [5.41, 5.74) is 5.63. The van der Waals surface area contributed by atoms with Crippen molar-refractivity contribution in [3.8, 4) is 0 Å². The lowest BCUT2D eigenvalue weighted by atomic mass is 9.95. The van der Waals surface area contributed by atoms with Crippen molar-refractivity contribution in [2.75, 3.05) is 13.2 Å². The first-order chi connectivity index (χ1) is 4.98. The summed E-state index contributed by atoms with van der Waals surface area (Å²) in [5, 5.41) is 10.0. The molecular weight excluding hydrogens is 142 g/mol. The molecule has 0 heterocycles. The van der Waals surface area contributed by atoms with Crippen molar-refractivity contribution in [3.05, 3.63) is 0 Å². The van der Waals surface area contributed by atoms with E-state index in [0.29, 0.717) is 13.0 Å². The Kier molecular flexibility index (Phi) is 4.65. The Morgan fingerprint density at radius 1 is 1.45 bits per heavy atom. The van der Waals surface area contributed by atoms with Crippen molar-refractivity contribution in [1.29, 1.82) is 0 Å². The zero-order chi connectivity index (χ0) is 8.91. The van der Waals surface area contributed by atoms with E-state index >= 15 is 0 Å². The van der Waals surface area contributed by atoms with Gasteiger partial charge >= 0.3 is 0 Å². The molecular formula is C8H18NO2. The molecule has 0 saturated heterocycles. The van der Waals surface area contributed by atoms with Gasteiger partial charge in [-0.25, -0.2) is 5.11 Å². The number of rotatable bonds is 4. The largest absolute Gasteiger partial charge is 0.363 e. The van der Waals surface area contributed by atoms with Crippen molar-refractivity contribution in [3.63, 3.8) is 0 Å². The van der Waals surface area contributed by atoms with Gasteiger partial charge in [-0.2, -0.15) is 0 Å². The molecule has 0 saturated carbocycles. The minimum Gasteiger partial charge on any atom is -0.363 e. The third-order valence-corrected chi connectivity index (χ3v) is 1.44. The molecule has 1 radical (unpaired) electrons. The molecule has 1 unspecified atom stereocenters. The summed E-state index contributed by atoms with van der Waals surface area (Å²) >= 11 is 0. The van der Waals surface area contributed by atoms with E-state index in [2.05, 4.69) is 0 Å². The molecule has 0 aliphatic carbocycles. The summed E-state index contributed by atoms with van der Waals surface area (Å²) in [6, 6.07) is 0. The van der Waals surface area contributed by atoms with Crippen LogP contribution in [0.2, 0.25) is 0 Å². The third kappa shape index (κ3) is 5.18. The van der Waals surface area contributed by atoms with E-state index < -0.39 is 0 Å². The molecule has 0 aromatic rings. The zero-order valence-corrected chi connectivity index (χ0v) is 7.59. The average molecular weight is 160 g/mol. The molecule has 0 aromatic carbocycles. The van der Waals surface area contributed by atoms with Gasteiger partial charge in [0.1, 0.15) is 6.23 Å². The average Bonchev–Trinajstić information content (AvgIpc) is 1.86. The molecule has 0 aliphatic heterocycles. The van der Waals surface area contributed by atoms with E-state index in [-0.39, 0.29) is 18.2 Å². The smallest absolute Gasteiger partial charge is 0.110 e. The maximum atomic E-state index is 10.0. The topological polar surface area (TPSA) is 55.1 Å². The molecule has 0 amide bonds. The van der Waals surface area contributed by atoms with Gasteiger partial charge in [-0.05, 0) is 6.42 Å². The minimum absolute atomic E-state index is 0.0388. The number of nitrogens with two attached hydrogens (primary N) is 1. The monoisotopic (exact) mass is 160 g/mol. The quantitative estimate of drug-likeness (QED) is 0.495. The Labute approximate surface area is 68.5 Å². The van der Waals surface area contributed by atoms with Gasteiger partial charge in [-0.3, -0.25) is 0 Å². The predicted octanol–water partition coefficient (Wildman–Crippen LogP) is 1.15. The highest BCUT2D eigenvalue weighted by Gasteiger charge is 2.20. The summed E-state index contributed by atoms with van der Waals surface area (Å²) in [6.07, 6.45) is 0.276. The van der Waals surface area contributed by atoms with Crippen LogP contribution in [-0.2, 0) is 9.84 Å². The Hall–Kier alpha value is -0.120. The highest BCUT2D eigenvalue weighted by atomic mass is 16.5. The molecule has 0 bridgehead atoms. The summed E-state index contributed by atoms with van der Waals surface area (Å²) < 4.78 is 5.22. The second-order valence-corrected chi connectivity index (χ2v) is 3.72. The molecule has 3 heteroatoms. The maximum absolute atomic E-state index is 10.0. The van der Waals surface area contributed by atoms with Crippen LogP contribution in [0.25, 0.3) is 0 Å². The lowest BCUT2D eigenvalue weighted by Crippen LogP contribution is -2.37. The summed E-state index contributed by atoms with van der Waals surface area (Å²) in [4.78, 5) is 0. The maximum Gasteiger partial charge on any atom is 0.110 e. The Morgan fingerprint density at radius 3 is 2.36 bits per heavy atom. The standard InChI is InChI=1S/C8H18NO2/c1-8(2,3)7(9)11-6-4-5-10/h7H,4-6,9H2,1-3H3. The lowest BCUT2D eigenvalue weighted by Gasteiger charge is -2.26. The van der Waals surface area contributed by atoms with E-state index in [0.717, 1.165) is 0 Å². The number of hydrogen-bond donors (Lipinski definition) is 1. The van der Waals surface area contributed by atoms with Crippen LogP contribution in [0.5, 0.6) is 0 Å². The fraction of sp³-hybridized carbons (Fsp3) is 1.00. The first-order valence-electron chi connectivity index (χ1n) is 3.94. The van der Waals surface area contributed by atoms with Gasteiger partial charge in [-0.1, -0.05) is 20.8 Å². The van der Waals surface area contributed by atoms with E-state index in [1.807, 2.05) is 20.8 Å². The van der Waals surface area contributed by atoms with Crippen molar-refractivity contribution in [2.45, 2.75) is 33.4 Å². The van der Waals surface area contributed by atoms with Gasteiger partial charge in [0.15, 0.2) is 0 Å². The number of ether oxygens (including phenoxy) is 1. The molecule has 0 aromatic heterocycles. The van der Waals surface area contributed by atoms with Crippen molar-refractivity contribution >= 4 is 0 Å². The fourth-order valence-electron chi connectivity index (χ4n) is 0.519. The van der Waals surface area contributed by atoms with E-state index in [4.69, 9.17) is 10.5 Å². The summed E-state index contributed by atoms with van der Waals surface area (Å²) in [7, 11) is 0. The van der Waals surface area contributed by atoms with Crippen LogP contribution < -0.4 is 5.73 Å². The van der Waals surface area contributed by atoms with Crippen LogP contribution in [0.1, 0.15) is 27.2 Å². The SMILES string of the molecule is CC(C)(C)C(N)OCCC[O]. The summed E-state index contributed by atoms with van der Waals surface area (Å²) in [5.74, 6) is 0. The molecule has 67 valence electrons. The van der Waals surface area contributed by atoms with Gasteiger partial charge in [0.25, 0.3) is 0 Å². The van der Waals surface area contributed by atoms with Crippen LogP contribution >= 0.6 is 0 Å². The molecule has 0 fully saturated rings. The Balaban J connectivity index is 3.44. The van der Waals surface area contributed by atoms with Crippen LogP contribution in [-0.4, -0.2) is 19.4 Å². The zero-order valence-electron chi connectivity index (χ0n) is 7.59. The van der Waals surface area contributed by atoms with Gasteiger partial charge in [0, 0.05) is 5.41 Å². The normalized spacial score (nSPS) is 15.0. The van der Waals surface area contributed by atoms with E-state index in [1.165, 1.54) is 0 Å². The highest BCUT2D eigenvalue weighted by molar-refractivity contribution is 4.68. The first kappa shape index (κ1) is 10.9. The van der Waals surface area contributed by atoms with Crippen LogP contribution in [0.4, 0.5) is 0 Å². The van der Waals surface area contributed by atoms with Gasteiger partial charge in [-0.15, -0.1) is 0 Å². The molecule has 3 nitrogen and oxygen atoms in total. The van der Waals surface area contributed by atoms with E-state index in [9.17, 15) is 5.11 Å². The number of hydrogen-bond acceptors (Lipinski definition) is 2. The van der Waals surface area contributed by atoms with Crippen molar-refractivity contribution in [1.82, 2.24) is 0 Å². The second kappa shape index (κ2) is 4.70. The van der Waals surface area contributed by atoms with Crippen molar-refractivity contribution in [2.24, 2.45) is 11.1 Å². The minimum atomic E-state index is -0.269. The summed E-state index contributed by atoms with van der Waals surface area (Å²) in [6.45, 7) is 6.41. The molecule has 1 atom stereocenters. The Morgan fingerprint density at radius 2 is 2.00 bits per heavy atom. The molecule has 11 heavy (non-hydrogen) atoms. The van der Waals surface area contributed by atoms with Crippen molar-refractivity contribution < 1.29 is 9.84 Å². The van der Waals surface area contributed by atoms with Crippen LogP contribution in [0.15, 0.2) is 0 Å². The predicted molar refractivity (Wildman–Crippen MR) is 43.6 cm³/mol. The highest BCUT2D eigenvalue weighted by Crippen LogP contribution is 2.17. The fourth-order valence-corrected chi connectivity index (χ4v) is 0.519. The van der Waals surface area contributed by atoms with Gasteiger partial charge in [0.2, 0.25) is 0 Å². The van der Waals surface area contributed by atoms with Crippen LogP contribution in [0.3, 0.4) is 0 Å².